The highest BCUT2D eigenvalue weighted by Gasteiger charge is 2.26. The van der Waals surface area contributed by atoms with Crippen LogP contribution in [0.5, 0.6) is 5.75 Å². The summed E-state index contributed by atoms with van der Waals surface area (Å²) in [4.78, 5) is 7.83. The van der Waals surface area contributed by atoms with Crippen LogP contribution in [0.3, 0.4) is 0 Å². The van der Waals surface area contributed by atoms with E-state index in [9.17, 15) is 10.5 Å². The summed E-state index contributed by atoms with van der Waals surface area (Å²) < 4.78 is 5.38. The van der Waals surface area contributed by atoms with Crippen LogP contribution in [0.1, 0.15) is 24.0 Å². The maximum absolute atomic E-state index is 10.1. The highest BCUT2D eigenvalue weighted by molar-refractivity contribution is 7.99. The monoisotopic (exact) mass is 446 g/mol. The van der Waals surface area contributed by atoms with E-state index in [4.69, 9.17) is 21.3 Å². The zero-order valence-electron chi connectivity index (χ0n) is 16.9. The minimum absolute atomic E-state index is 0.373. The summed E-state index contributed by atoms with van der Waals surface area (Å²) in [6.07, 6.45) is 2.11. The highest BCUT2D eigenvalue weighted by atomic mass is 35.5. The molecule has 1 aliphatic rings. The molecule has 1 fully saturated rings. The summed E-state index contributed by atoms with van der Waals surface area (Å²) in [5.41, 5.74) is 2.13. The molecule has 0 saturated carbocycles. The number of pyridine rings is 1. The van der Waals surface area contributed by atoms with Crippen molar-refractivity contribution in [2.24, 2.45) is 0 Å². The van der Waals surface area contributed by atoms with Gasteiger partial charge < -0.3 is 9.64 Å². The maximum atomic E-state index is 10.1. The summed E-state index contributed by atoms with van der Waals surface area (Å²) in [5.74, 6) is 1.29. The van der Waals surface area contributed by atoms with E-state index >= 15 is 0 Å². The van der Waals surface area contributed by atoms with Crippen LogP contribution < -0.4 is 9.64 Å². The van der Waals surface area contributed by atoms with Crippen LogP contribution in [0.2, 0.25) is 5.02 Å². The van der Waals surface area contributed by atoms with Crippen molar-refractivity contribution in [2.75, 3.05) is 25.1 Å². The molecule has 1 aliphatic heterocycles. The molecule has 3 aromatic rings. The van der Waals surface area contributed by atoms with Gasteiger partial charge in [0.2, 0.25) is 0 Å². The Morgan fingerprint density at radius 3 is 2.45 bits per heavy atom. The number of aromatic nitrogens is 1. The summed E-state index contributed by atoms with van der Waals surface area (Å²) >= 11 is 7.54. The molecule has 0 radical (unpaired) electrons. The third kappa shape index (κ3) is 4.32. The number of nitriles is 2. The molecule has 0 bridgehead atoms. The van der Waals surface area contributed by atoms with E-state index in [2.05, 4.69) is 17.0 Å². The van der Waals surface area contributed by atoms with Crippen LogP contribution in [0.4, 0.5) is 5.82 Å². The molecule has 154 valence electrons. The second kappa shape index (κ2) is 9.31. The van der Waals surface area contributed by atoms with Crippen molar-refractivity contribution in [3.63, 3.8) is 0 Å². The van der Waals surface area contributed by atoms with Gasteiger partial charge in [-0.3, -0.25) is 0 Å². The number of hydrogen-bond donors (Lipinski definition) is 0. The van der Waals surface area contributed by atoms with Crippen LogP contribution in [0, 0.1) is 22.7 Å². The molecule has 0 amide bonds. The zero-order chi connectivity index (χ0) is 21.8. The van der Waals surface area contributed by atoms with Gasteiger partial charge in [-0.1, -0.05) is 41.6 Å². The van der Waals surface area contributed by atoms with Gasteiger partial charge in [0, 0.05) is 28.6 Å². The van der Waals surface area contributed by atoms with Crippen molar-refractivity contribution in [1.29, 1.82) is 10.5 Å². The first-order chi connectivity index (χ1) is 15.1. The summed E-state index contributed by atoms with van der Waals surface area (Å²) in [7, 11) is 1.60. The van der Waals surface area contributed by atoms with Gasteiger partial charge >= 0.3 is 0 Å². The molecule has 2 aromatic carbocycles. The van der Waals surface area contributed by atoms with E-state index < -0.39 is 0 Å². The number of nitrogens with zero attached hydrogens (tertiary/aromatic N) is 4. The van der Waals surface area contributed by atoms with Crippen molar-refractivity contribution < 1.29 is 4.74 Å². The molecule has 0 spiro atoms. The van der Waals surface area contributed by atoms with Crippen molar-refractivity contribution >= 4 is 29.2 Å². The number of ether oxygens (including phenoxy) is 1. The summed E-state index contributed by atoms with van der Waals surface area (Å²) in [6, 6.07) is 19.5. The van der Waals surface area contributed by atoms with Crippen LogP contribution in [0.15, 0.2) is 58.5 Å². The number of methoxy groups -OCH3 is 1. The first-order valence-electron chi connectivity index (χ1n) is 9.85. The molecule has 5 nitrogen and oxygen atoms in total. The fraction of sp³-hybridized carbons (Fsp3) is 0.208. The topological polar surface area (TPSA) is 72.9 Å². The van der Waals surface area contributed by atoms with Gasteiger partial charge in [0.05, 0.1) is 12.7 Å². The predicted molar refractivity (Wildman–Crippen MR) is 123 cm³/mol. The molecule has 1 aromatic heterocycles. The number of anilines is 1. The van der Waals surface area contributed by atoms with Gasteiger partial charge in [-0.15, -0.1) is 0 Å². The minimum atomic E-state index is 0.373. The molecule has 0 atom stereocenters. The SMILES string of the molecule is COc1cccc(-c2c(C#N)c(Sc3cccc(Cl)c3)nc(N3CCCC3)c2C#N)c1. The molecular weight excluding hydrogens is 428 g/mol. The molecule has 1 saturated heterocycles. The quantitative estimate of drug-likeness (QED) is 0.485. The van der Waals surface area contributed by atoms with Crippen molar-refractivity contribution in [3.05, 3.63) is 64.7 Å². The van der Waals surface area contributed by atoms with Gasteiger partial charge in [-0.25, -0.2) is 4.98 Å². The van der Waals surface area contributed by atoms with Crippen LogP contribution >= 0.6 is 23.4 Å². The Labute approximate surface area is 190 Å². The van der Waals surface area contributed by atoms with E-state index in [-0.39, 0.29) is 0 Å². The zero-order valence-corrected chi connectivity index (χ0v) is 18.5. The van der Waals surface area contributed by atoms with Crippen molar-refractivity contribution in [2.45, 2.75) is 22.8 Å². The minimum Gasteiger partial charge on any atom is -0.497 e. The number of halogens is 1. The number of benzene rings is 2. The Balaban J connectivity index is 1.97. The average molecular weight is 447 g/mol. The van der Waals surface area contributed by atoms with Gasteiger partial charge in [-0.2, -0.15) is 10.5 Å². The fourth-order valence-electron chi connectivity index (χ4n) is 3.70. The highest BCUT2D eigenvalue weighted by Crippen LogP contribution is 2.41. The van der Waals surface area contributed by atoms with Crippen molar-refractivity contribution in [3.8, 4) is 29.0 Å². The van der Waals surface area contributed by atoms with Crippen LogP contribution in [0.25, 0.3) is 11.1 Å². The van der Waals surface area contributed by atoms with E-state index in [0.29, 0.717) is 38.3 Å². The molecule has 0 unspecified atom stereocenters. The van der Waals surface area contributed by atoms with Crippen LogP contribution in [-0.2, 0) is 0 Å². The van der Waals surface area contributed by atoms with Gasteiger partial charge in [-0.05, 0) is 48.7 Å². The fourth-order valence-corrected chi connectivity index (χ4v) is 4.89. The number of hydrogen-bond acceptors (Lipinski definition) is 6. The normalized spacial score (nSPS) is 13.0. The second-order valence-electron chi connectivity index (χ2n) is 7.07. The molecular formula is C24H19ClN4OS. The molecule has 7 heteroatoms. The lowest BCUT2D eigenvalue weighted by Crippen LogP contribution is -2.21. The Morgan fingerprint density at radius 1 is 1.03 bits per heavy atom. The average Bonchev–Trinajstić information content (AvgIpc) is 3.33. The molecule has 2 heterocycles. The summed E-state index contributed by atoms with van der Waals surface area (Å²) in [5, 5.41) is 21.4. The first-order valence-corrected chi connectivity index (χ1v) is 11.0. The van der Waals surface area contributed by atoms with E-state index in [1.165, 1.54) is 11.8 Å². The maximum Gasteiger partial charge on any atom is 0.148 e. The Bertz CT molecular complexity index is 1210. The number of rotatable bonds is 5. The van der Waals surface area contributed by atoms with Gasteiger partial charge in [0.25, 0.3) is 0 Å². The lowest BCUT2D eigenvalue weighted by atomic mass is 9.96. The Morgan fingerprint density at radius 2 is 1.77 bits per heavy atom. The van der Waals surface area contributed by atoms with E-state index in [1.807, 2.05) is 42.5 Å². The molecule has 0 N–H and O–H groups in total. The second-order valence-corrected chi connectivity index (χ2v) is 8.57. The smallest absolute Gasteiger partial charge is 0.148 e. The Hall–Kier alpha value is -3.19. The molecule has 0 aliphatic carbocycles. The largest absolute Gasteiger partial charge is 0.497 e. The van der Waals surface area contributed by atoms with Gasteiger partial charge in [0.1, 0.15) is 34.3 Å². The Kier molecular flexibility index (Phi) is 6.32. The first kappa shape index (κ1) is 21.1. The van der Waals surface area contributed by atoms with Crippen molar-refractivity contribution in [1.82, 2.24) is 4.98 Å². The van der Waals surface area contributed by atoms with Gasteiger partial charge in [0.15, 0.2) is 0 Å². The van der Waals surface area contributed by atoms with E-state index in [0.717, 1.165) is 36.4 Å². The standard InChI is InChI=1S/C24H19ClN4OS/c1-30-18-8-4-6-16(12-18)22-20(14-26)23(29-10-2-3-11-29)28-24(21(22)15-27)31-19-9-5-7-17(25)13-19/h4-9,12-13H,2-3,10-11H2,1H3. The molecule has 4 rings (SSSR count). The lowest BCUT2D eigenvalue weighted by Gasteiger charge is -2.22. The summed E-state index contributed by atoms with van der Waals surface area (Å²) in [6.45, 7) is 1.68. The van der Waals surface area contributed by atoms with E-state index in [1.54, 1.807) is 13.2 Å². The molecule has 31 heavy (non-hydrogen) atoms. The third-order valence-electron chi connectivity index (χ3n) is 5.14. The third-order valence-corrected chi connectivity index (χ3v) is 6.36. The lowest BCUT2D eigenvalue weighted by molar-refractivity contribution is 0.415. The van der Waals surface area contributed by atoms with Crippen LogP contribution in [-0.4, -0.2) is 25.2 Å². The predicted octanol–water partition coefficient (Wildman–Crippen LogP) is 5.91.